The van der Waals surface area contributed by atoms with Gasteiger partial charge in [0.15, 0.2) is 0 Å². The molecule has 0 fully saturated rings. The summed E-state index contributed by atoms with van der Waals surface area (Å²) in [5.41, 5.74) is -0.755. The minimum atomic E-state index is -5.00. The van der Waals surface area contributed by atoms with Crippen molar-refractivity contribution in [3.8, 4) is 0 Å². The molecule has 1 aromatic heterocycles. The molecule has 1 rings (SSSR count). The molecule has 0 aromatic carbocycles. The zero-order chi connectivity index (χ0) is 9.35. The van der Waals surface area contributed by atoms with Crippen LogP contribution in [0.25, 0.3) is 0 Å². The van der Waals surface area contributed by atoms with Crippen LogP contribution in [0.3, 0.4) is 0 Å². The highest BCUT2D eigenvalue weighted by Crippen LogP contribution is 2.08. The predicted octanol–water partition coefficient (Wildman–Crippen LogP) is -0.0316. The zero-order valence-corrected chi connectivity index (χ0v) is 6.25. The summed E-state index contributed by atoms with van der Waals surface area (Å²) in [6.07, 6.45) is -0.232. The molecule has 4 nitrogen and oxygen atoms in total. The number of halogens is 3. The Morgan fingerprint density at radius 1 is 1.58 bits per heavy atom. The summed E-state index contributed by atoms with van der Waals surface area (Å²) >= 11 is 0. The Morgan fingerprint density at radius 2 is 2.17 bits per heavy atom. The van der Waals surface area contributed by atoms with Crippen LogP contribution in [-0.2, 0) is 13.5 Å². The summed E-state index contributed by atoms with van der Waals surface area (Å²) in [6, 6.07) is 0. The molecule has 1 heterocycles. The van der Waals surface area contributed by atoms with Crippen LogP contribution < -0.4 is 5.69 Å². The van der Waals surface area contributed by atoms with Gasteiger partial charge in [0, 0.05) is 13.5 Å². The topological polar surface area (TPSA) is 39.8 Å². The molecule has 0 radical (unpaired) electrons. The number of hydrogen-bond acceptors (Lipinski definition) is 2. The third-order valence-corrected chi connectivity index (χ3v) is 1.27. The monoisotopic (exact) mass is 180 g/mol. The molecule has 0 aliphatic rings. The molecule has 0 aliphatic heterocycles. The van der Waals surface area contributed by atoms with Gasteiger partial charge in [0.05, 0.1) is 0 Å². The van der Waals surface area contributed by atoms with Crippen molar-refractivity contribution in [2.24, 2.45) is 7.05 Å². The summed E-state index contributed by atoms with van der Waals surface area (Å²) in [5, 5.41) is 3.26. The summed E-state index contributed by atoms with van der Waals surface area (Å²) < 4.78 is 36.7. The van der Waals surface area contributed by atoms with Crippen molar-refractivity contribution in [1.82, 2.24) is 14.3 Å². The highest BCUT2D eigenvalue weighted by molar-refractivity contribution is 6.57. The van der Waals surface area contributed by atoms with E-state index in [0.29, 0.717) is 4.68 Å². The summed E-state index contributed by atoms with van der Waals surface area (Å²) in [7, 11) is 1.34. The highest BCUT2D eigenvalue weighted by Gasteiger charge is 2.25. The van der Waals surface area contributed by atoms with Crippen molar-refractivity contribution in [2.75, 3.05) is 0 Å². The molecular formula is C4H6BF3N3O-. The molecule has 0 atom stereocenters. The van der Waals surface area contributed by atoms with E-state index in [4.69, 9.17) is 0 Å². The molecule has 0 unspecified atom stereocenters. The first kappa shape index (κ1) is 8.89. The molecule has 0 saturated carbocycles. The minimum Gasteiger partial charge on any atom is -0.448 e. The molecule has 0 bridgehead atoms. The summed E-state index contributed by atoms with van der Waals surface area (Å²) in [5.74, 6) is 0. The van der Waals surface area contributed by atoms with Crippen LogP contribution >= 0.6 is 0 Å². The van der Waals surface area contributed by atoms with Gasteiger partial charge in [-0.05, 0) is 0 Å². The van der Waals surface area contributed by atoms with Crippen LogP contribution in [0, 0.1) is 0 Å². The molecule has 0 spiro atoms. The number of aryl methyl sites for hydroxylation is 1. The second-order valence-electron chi connectivity index (χ2n) is 2.42. The Morgan fingerprint density at radius 3 is 2.50 bits per heavy atom. The maximum absolute atomic E-state index is 11.8. The molecular weight excluding hydrogens is 174 g/mol. The lowest BCUT2D eigenvalue weighted by atomic mass is 9.93. The van der Waals surface area contributed by atoms with Crippen molar-refractivity contribution in [3.05, 3.63) is 16.8 Å². The Kier molecular flexibility index (Phi) is 1.99. The average molecular weight is 180 g/mol. The van der Waals surface area contributed by atoms with Gasteiger partial charge in [0.1, 0.15) is 6.33 Å². The fourth-order valence-electron chi connectivity index (χ4n) is 0.742. The number of aromatic nitrogens is 3. The van der Waals surface area contributed by atoms with Gasteiger partial charge < -0.3 is 12.9 Å². The van der Waals surface area contributed by atoms with E-state index in [9.17, 15) is 17.7 Å². The molecule has 12 heavy (non-hydrogen) atoms. The average Bonchev–Trinajstić information content (AvgIpc) is 2.16. The number of rotatable bonds is 2. The van der Waals surface area contributed by atoms with Gasteiger partial charge in [-0.2, -0.15) is 5.10 Å². The third-order valence-electron chi connectivity index (χ3n) is 1.27. The standard InChI is InChI=1S/C4H6BF3N3O/c1-10-3-9-11(4(10)12)2-5(6,7)8/h3H,2H2,1H3/q-1. The Hall–Kier alpha value is -1.21. The smallest absolute Gasteiger partial charge is 0.448 e. The number of hydrogen-bond donors (Lipinski definition) is 0. The van der Waals surface area contributed by atoms with Gasteiger partial charge in [-0.3, -0.25) is 4.57 Å². The molecule has 0 saturated heterocycles. The zero-order valence-electron chi connectivity index (χ0n) is 6.25. The van der Waals surface area contributed by atoms with Crippen LogP contribution in [0.4, 0.5) is 12.9 Å². The Balaban J connectivity index is 2.91. The van der Waals surface area contributed by atoms with Crippen LogP contribution in [0.2, 0.25) is 0 Å². The number of nitrogens with zero attached hydrogens (tertiary/aromatic N) is 3. The van der Waals surface area contributed by atoms with Crippen molar-refractivity contribution in [2.45, 2.75) is 6.44 Å². The van der Waals surface area contributed by atoms with E-state index in [-0.39, 0.29) is 0 Å². The van der Waals surface area contributed by atoms with E-state index < -0.39 is 19.1 Å². The molecule has 68 valence electrons. The SMILES string of the molecule is Cn1cnn(C[B-](F)(F)F)c1=O. The van der Waals surface area contributed by atoms with E-state index in [1.807, 2.05) is 0 Å². The van der Waals surface area contributed by atoms with Gasteiger partial charge in [-0.25, -0.2) is 9.48 Å². The van der Waals surface area contributed by atoms with E-state index in [2.05, 4.69) is 5.10 Å². The van der Waals surface area contributed by atoms with Crippen molar-refractivity contribution in [1.29, 1.82) is 0 Å². The van der Waals surface area contributed by atoms with Crippen LogP contribution in [0.15, 0.2) is 11.1 Å². The van der Waals surface area contributed by atoms with E-state index in [1.165, 1.54) is 7.05 Å². The van der Waals surface area contributed by atoms with Gasteiger partial charge in [-0.1, -0.05) is 0 Å². The van der Waals surface area contributed by atoms with Gasteiger partial charge in [0.25, 0.3) is 0 Å². The van der Waals surface area contributed by atoms with E-state index in [1.54, 1.807) is 0 Å². The van der Waals surface area contributed by atoms with E-state index >= 15 is 0 Å². The molecule has 1 aromatic rings. The van der Waals surface area contributed by atoms with Gasteiger partial charge >= 0.3 is 12.7 Å². The summed E-state index contributed by atoms with van der Waals surface area (Å²) in [6.45, 7) is -5.00. The van der Waals surface area contributed by atoms with Gasteiger partial charge in [-0.15, -0.1) is 0 Å². The lowest BCUT2D eigenvalue weighted by Crippen LogP contribution is -2.33. The molecule has 0 amide bonds. The minimum absolute atomic E-state index is 0.389. The van der Waals surface area contributed by atoms with Crippen LogP contribution in [-0.4, -0.2) is 21.3 Å². The largest absolute Gasteiger partial charge is 0.499 e. The molecule has 0 aliphatic carbocycles. The normalized spacial score (nSPS) is 12.0. The fraction of sp³-hybridized carbons (Fsp3) is 0.500. The van der Waals surface area contributed by atoms with Crippen molar-refractivity contribution >= 4 is 6.98 Å². The van der Waals surface area contributed by atoms with Crippen LogP contribution in [0.1, 0.15) is 0 Å². The quantitative estimate of drug-likeness (QED) is 0.599. The fourth-order valence-corrected chi connectivity index (χ4v) is 0.742. The lowest BCUT2D eigenvalue weighted by Gasteiger charge is -2.11. The first-order chi connectivity index (χ1) is 5.40. The van der Waals surface area contributed by atoms with Crippen LogP contribution in [0.5, 0.6) is 0 Å². The first-order valence-corrected chi connectivity index (χ1v) is 3.19. The Bertz CT molecular complexity index is 327. The van der Waals surface area contributed by atoms with Crippen molar-refractivity contribution in [3.63, 3.8) is 0 Å². The first-order valence-electron chi connectivity index (χ1n) is 3.19. The lowest BCUT2D eigenvalue weighted by molar-refractivity contribution is 0.431. The van der Waals surface area contributed by atoms with E-state index in [0.717, 1.165) is 10.9 Å². The maximum Gasteiger partial charge on any atom is 0.499 e. The molecule has 8 heteroatoms. The van der Waals surface area contributed by atoms with Gasteiger partial charge in [0.2, 0.25) is 0 Å². The summed E-state index contributed by atoms with van der Waals surface area (Å²) in [4.78, 5) is 10.8. The predicted molar refractivity (Wildman–Crippen MR) is 36.5 cm³/mol. The third kappa shape index (κ3) is 1.89. The second-order valence-corrected chi connectivity index (χ2v) is 2.42. The molecule has 0 N–H and O–H groups in total. The highest BCUT2D eigenvalue weighted by atomic mass is 19.4. The van der Waals surface area contributed by atoms with Crippen molar-refractivity contribution < 1.29 is 12.9 Å². The Labute approximate surface area is 65.7 Å². The second kappa shape index (κ2) is 2.69. The maximum atomic E-state index is 11.8.